The fraction of sp³-hybridized carbons (Fsp3) is 0.375. The molecule has 0 spiro atoms. The minimum atomic E-state index is -1.00. The normalized spacial score (nSPS) is 15.2. The molecule has 2 aromatic carbocycles. The van der Waals surface area contributed by atoms with Crippen molar-refractivity contribution in [2.45, 2.75) is 19.9 Å². The molecule has 7 nitrogen and oxygen atoms in total. The molecule has 3 amide bonds. The van der Waals surface area contributed by atoms with Crippen LogP contribution < -0.4 is 10.6 Å². The SMILES string of the molecule is CC(C)[C@H](NC(=O)c1c(F)cccc1F)C(=O)N1CCN(CC(=O)Nc2ccc(F)cc2)CC1. The first kappa shape index (κ1) is 25.2. The monoisotopic (exact) mass is 476 g/mol. The van der Waals surface area contributed by atoms with Gasteiger partial charge in [0, 0.05) is 31.9 Å². The van der Waals surface area contributed by atoms with Gasteiger partial charge < -0.3 is 15.5 Å². The molecule has 34 heavy (non-hydrogen) atoms. The fourth-order valence-corrected chi connectivity index (χ4v) is 3.70. The van der Waals surface area contributed by atoms with Crippen molar-refractivity contribution in [3.8, 4) is 0 Å². The molecule has 1 fully saturated rings. The molecule has 1 saturated heterocycles. The number of piperazine rings is 1. The van der Waals surface area contributed by atoms with E-state index in [1.54, 1.807) is 18.7 Å². The van der Waals surface area contributed by atoms with Crippen LogP contribution in [0.3, 0.4) is 0 Å². The number of halogens is 3. The molecule has 3 rings (SSSR count). The molecule has 10 heteroatoms. The molecule has 0 unspecified atom stereocenters. The van der Waals surface area contributed by atoms with Gasteiger partial charge in [0.25, 0.3) is 5.91 Å². The largest absolute Gasteiger partial charge is 0.340 e. The molecule has 1 aliphatic rings. The van der Waals surface area contributed by atoms with E-state index in [0.29, 0.717) is 31.9 Å². The highest BCUT2D eigenvalue weighted by Gasteiger charge is 2.32. The molecule has 0 aliphatic carbocycles. The van der Waals surface area contributed by atoms with Gasteiger partial charge in [0.15, 0.2) is 0 Å². The van der Waals surface area contributed by atoms with Crippen molar-refractivity contribution < 1.29 is 27.6 Å². The third-order valence-electron chi connectivity index (χ3n) is 5.59. The summed E-state index contributed by atoms with van der Waals surface area (Å²) in [4.78, 5) is 41.3. The van der Waals surface area contributed by atoms with Crippen LogP contribution in [0.4, 0.5) is 18.9 Å². The first-order chi connectivity index (χ1) is 16.2. The van der Waals surface area contributed by atoms with E-state index in [-0.39, 0.29) is 24.3 Å². The van der Waals surface area contributed by atoms with Crippen LogP contribution in [-0.4, -0.2) is 66.3 Å². The Hall–Kier alpha value is -3.40. The minimum Gasteiger partial charge on any atom is -0.340 e. The van der Waals surface area contributed by atoms with Crippen LogP contribution in [0, 0.1) is 23.4 Å². The van der Waals surface area contributed by atoms with Crippen LogP contribution in [0.2, 0.25) is 0 Å². The van der Waals surface area contributed by atoms with E-state index in [1.807, 2.05) is 4.90 Å². The Bertz CT molecular complexity index is 1020. The summed E-state index contributed by atoms with van der Waals surface area (Å²) < 4.78 is 40.9. The van der Waals surface area contributed by atoms with Gasteiger partial charge in [-0.3, -0.25) is 19.3 Å². The maximum Gasteiger partial charge on any atom is 0.257 e. The summed E-state index contributed by atoms with van der Waals surface area (Å²) >= 11 is 0. The van der Waals surface area contributed by atoms with Crippen LogP contribution in [0.25, 0.3) is 0 Å². The lowest BCUT2D eigenvalue weighted by atomic mass is 10.0. The molecule has 2 aromatic rings. The molecule has 2 N–H and O–H groups in total. The molecule has 0 saturated carbocycles. The molecular formula is C24H27F3N4O3. The lowest BCUT2D eigenvalue weighted by molar-refractivity contribution is -0.136. The minimum absolute atomic E-state index is 0.107. The van der Waals surface area contributed by atoms with E-state index in [2.05, 4.69) is 10.6 Å². The van der Waals surface area contributed by atoms with Gasteiger partial charge >= 0.3 is 0 Å². The molecule has 0 radical (unpaired) electrons. The van der Waals surface area contributed by atoms with Crippen LogP contribution in [0.1, 0.15) is 24.2 Å². The Morgan fingerprint density at radius 2 is 1.50 bits per heavy atom. The topological polar surface area (TPSA) is 81.8 Å². The number of hydrogen-bond donors (Lipinski definition) is 2. The van der Waals surface area contributed by atoms with Gasteiger partial charge in [-0.05, 0) is 42.3 Å². The van der Waals surface area contributed by atoms with E-state index in [1.165, 1.54) is 24.3 Å². The van der Waals surface area contributed by atoms with Gasteiger partial charge in [0.2, 0.25) is 11.8 Å². The van der Waals surface area contributed by atoms with Crippen LogP contribution in [-0.2, 0) is 9.59 Å². The highest BCUT2D eigenvalue weighted by Crippen LogP contribution is 2.15. The third kappa shape index (κ3) is 6.34. The van der Waals surface area contributed by atoms with E-state index in [4.69, 9.17) is 0 Å². The average Bonchev–Trinajstić information content (AvgIpc) is 2.79. The van der Waals surface area contributed by atoms with Gasteiger partial charge in [0.05, 0.1) is 6.54 Å². The highest BCUT2D eigenvalue weighted by atomic mass is 19.1. The van der Waals surface area contributed by atoms with Gasteiger partial charge in [-0.25, -0.2) is 13.2 Å². The molecule has 182 valence electrons. The first-order valence-electron chi connectivity index (χ1n) is 11.0. The molecule has 0 bridgehead atoms. The number of carbonyl (C=O) groups excluding carboxylic acids is 3. The molecule has 1 aliphatic heterocycles. The Morgan fingerprint density at radius 3 is 2.06 bits per heavy atom. The molecule has 0 aromatic heterocycles. The predicted molar refractivity (Wildman–Crippen MR) is 120 cm³/mol. The summed E-state index contributed by atoms with van der Waals surface area (Å²) in [5.41, 5.74) is -0.236. The van der Waals surface area contributed by atoms with E-state index in [9.17, 15) is 27.6 Å². The molecule has 1 heterocycles. The average molecular weight is 476 g/mol. The summed E-state index contributed by atoms with van der Waals surface area (Å²) in [5, 5.41) is 5.16. The van der Waals surface area contributed by atoms with Crippen LogP contribution >= 0.6 is 0 Å². The summed E-state index contributed by atoms with van der Waals surface area (Å²) in [6.45, 7) is 5.10. The van der Waals surface area contributed by atoms with Gasteiger partial charge in [-0.1, -0.05) is 19.9 Å². The van der Waals surface area contributed by atoms with Crippen molar-refractivity contribution in [2.24, 2.45) is 5.92 Å². The zero-order chi connectivity index (χ0) is 24.8. The summed E-state index contributed by atoms with van der Waals surface area (Å²) in [5.74, 6) is -4.31. The zero-order valence-corrected chi connectivity index (χ0v) is 19.0. The summed E-state index contributed by atoms with van der Waals surface area (Å²) in [6, 6.07) is 7.61. The third-order valence-corrected chi connectivity index (χ3v) is 5.59. The van der Waals surface area contributed by atoms with Crippen molar-refractivity contribution in [1.29, 1.82) is 0 Å². The van der Waals surface area contributed by atoms with Gasteiger partial charge in [0.1, 0.15) is 29.1 Å². The quantitative estimate of drug-likeness (QED) is 0.644. The number of nitrogens with zero attached hydrogens (tertiary/aromatic N) is 2. The second-order valence-corrected chi connectivity index (χ2v) is 8.45. The number of carbonyl (C=O) groups is 3. The second-order valence-electron chi connectivity index (χ2n) is 8.45. The summed E-state index contributed by atoms with van der Waals surface area (Å²) in [7, 11) is 0. The van der Waals surface area contributed by atoms with E-state index >= 15 is 0 Å². The van der Waals surface area contributed by atoms with Crippen LogP contribution in [0.15, 0.2) is 42.5 Å². The van der Waals surface area contributed by atoms with E-state index < -0.39 is 35.0 Å². The Morgan fingerprint density at radius 1 is 0.912 bits per heavy atom. The van der Waals surface area contributed by atoms with Gasteiger partial charge in [-0.2, -0.15) is 0 Å². The summed E-state index contributed by atoms with van der Waals surface area (Å²) in [6.07, 6.45) is 0. The molecular weight excluding hydrogens is 449 g/mol. The van der Waals surface area contributed by atoms with Gasteiger partial charge in [-0.15, -0.1) is 0 Å². The number of amides is 3. The Kier molecular flexibility index (Phi) is 8.27. The number of hydrogen-bond acceptors (Lipinski definition) is 4. The standard InChI is InChI=1S/C24H27F3N4O3/c1-15(2)22(29-23(33)21-18(26)4-3-5-19(21)27)24(34)31-12-10-30(11-13-31)14-20(32)28-17-8-6-16(25)7-9-17/h3-9,15,22H,10-14H2,1-2H3,(H,28,32)(H,29,33)/t22-/m0/s1. The molecule has 1 atom stereocenters. The zero-order valence-electron chi connectivity index (χ0n) is 19.0. The Labute approximate surface area is 195 Å². The van der Waals surface area contributed by atoms with Crippen molar-refractivity contribution in [3.63, 3.8) is 0 Å². The number of rotatable bonds is 7. The Balaban J connectivity index is 1.54. The lowest BCUT2D eigenvalue weighted by Crippen LogP contribution is -2.57. The maximum atomic E-state index is 14.0. The maximum absolute atomic E-state index is 14.0. The van der Waals surface area contributed by atoms with Crippen molar-refractivity contribution in [1.82, 2.24) is 15.1 Å². The fourth-order valence-electron chi connectivity index (χ4n) is 3.70. The van der Waals surface area contributed by atoms with Crippen LogP contribution in [0.5, 0.6) is 0 Å². The van der Waals surface area contributed by atoms with Crippen molar-refractivity contribution in [2.75, 3.05) is 38.0 Å². The number of benzene rings is 2. The van der Waals surface area contributed by atoms with E-state index in [0.717, 1.165) is 18.2 Å². The number of anilines is 1. The first-order valence-corrected chi connectivity index (χ1v) is 11.0. The lowest BCUT2D eigenvalue weighted by Gasteiger charge is -2.37. The highest BCUT2D eigenvalue weighted by molar-refractivity contribution is 5.98. The number of nitrogens with one attached hydrogen (secondary N) is 2. The second kappa shape index (κ2) is 11.1. The van der Waals surface area contributed by atoms with Crippen molar-refractivity contribution >= 4 is 23.4 Å². The van der Waals surface area contributed by atoms with Crippen molar-refractivity contribution in [3.05, 3.63) is 65.5 Å². The predicted octanol–water partition coefficient (Wildman–Crippen LogP) is 2.64. The smallest absolute Gasteiger partial charge is 0.257 e.